The van der Waals surface area contributed by atoms with Gasteiger partial charge in [-0.15, -0.1) is 11.8 Å². The molecule has 0 heterocycles. The van der Waals surface area contributed by atoms with E-state index in [1.54, 1.807) is 67.6 Å². The Bertz CT molecular complexity index is 1290. The maximum Gasteiger partial charge on any atom is 0.264 e. The second kappa shape index (κ2) is 11.8. The van der Waals surface area contributed by atoms with Gasteiger partial charge in [0, 0.05) is 23.2 Å². The van der Waals surface area contributed by atoms with Crippen molar-refractivity contribution >= 4 is 50.7 Å². The average Bonchev–Trinajstić information content (AvgIpc) is 2.83. The van der Waals surface area contributed by atoms with Crippen molar-refractivity contribution in [3.63, 3.8) is 0 Å². The number of hydrogen-bond acceptors (Lipinski definition) is 6. The van der Waals surface area contributed by atoms with Crippen LogP contribution >= 0.6 is 11.8 Å². The third-order valence-electron chi connectivity index (χ3n) is 4.84. The Morgan fingerprint density at radius 3 is 2.23 bits per heavy atom. The van der Waals surface area contributed by atoms with Crippen LogP contribution in [0.3, 0.4) is 0 Å². The number of carbonyl (C=O) groups is 2. The highest BCUT2D eigenvalue weighted by Gasteiger charge is 2.29. The zero-order valence-corrected chi connectivity index (χ0v) is 21.3. The first kappa shape index (κ1) is 26.1. The minimum atomic E-state index is -4.11. The first-order valence-electron chi connectivity index (χ1n) is 10.8. The number of hydrogen-bond donors (Lipinski definition) is 2. The molecule has 0 aliphatic heterocycles. The maximum atomic E-state index is 13.7. The van der Waals surface area contributed by atoms with Crippen molar-refractivity contribution < 1.29 is 22.7 Å². The predicted octanol–water partition coefficient (Wildman–Crippen LogP) is 4.60. The molecule has 2 amide bonds. The van der Waals surface area contributed by atoms with Crippen molar-refractivity contribution in [3.05, 3.63) is 72.8 Å². The number of thioether (sulfide) groups is 1. The van der Waals surface area contributed by atoms with Gasteiger partial charge in [0.2, 0.25) is 11.8 Å². The number of benzene rings is 3. The van der Waals surface area contributed by atoms with Crippen LogP contribution in [0.4, 0.5) is 17.1 Å². The average molecular weight is 514 g/mol. The lowest BCUT2D eigenvalue weighted by atomic mass is 10.2. The highest BCUT2D eigenvalue weighted by molar-refractivity contribution is 7.98. The van der Waals surface area contributed by atoms with E-state index < -0.39 is 22.5 Å². The standard InChI is InChI=1S/C25H27N3O5S2/c1-4-33-24-11-6-5-10-23(24)28(35(31,32)22-14-12-21(34-3)13-15-22)17-25(30)27-20-9-7-8-19(16-20)26-18(2)29/h5-16H,4,17H2,1-3H3,(H,26,29)(H,27,30). The van der Waals surface area contributed by atoms with Gasteiger partial charge in [0.05, 0.1) is 17.2 Å². The van der Waals surface area contributed by atoms with E-state index in [0.717, 1.165) is 9.20 Å². The van der Waals surface area contributed by atoms with Crippen LogP contribution in [0, 0.1) is 0 Å². The molecule has 3 rings (SSSR count). The zero-order valence-electron chi connectivity index (χ0n) is 19.6. The van der Waals surface area contributed by atoms with E-state index in [1.807, 2.05) is 6.26 Å². The van der Waals surface area contributed by atoms with Gasteiger partial charge in [0.25, 0.3) is 10.0 Å². The summed E-state index contributed by atoms with van der Waals surface area (Å²) < 4.78 is 34.1. The molecule has 8 nitrogen and oxygen atoms in total. The second-order valence-corrected chi connectivity index (χ2v) is 10.1. The molecule has 0 fully saturated rings. The van der Waals surface area contributed by atoms with Gasteiger partial charge in [-0.25, -0.2) is 8.42 Å². The molecule has 0 aromatic heterocycles. The van der Waals surface area contributed by atoms with Crippen LogP contribution in [0.2, 0.25) is 0 Å². The molecule has 0 unspecified atom stereocenters. The van der Waals surface area contributed by atoms with E-state index in [1.165, 1.54) is 30.8 Å². The minimum Gasteiger partial charge on any atom is -0.492 e. The van der Waals surface area contributed by atoms with E-state index in [2.05, 4.69) is 10.6 Å². The van der Waals surface area contributed by atoms with Crippen molar-refractivity contribution in [2.24, 2.45) is 0 Å². The molecule has 0 aliphatic carbocycles. The zero-order chi connectivity index (χ0) is 25.4. The minimum absolute atomic E-state index is 0.0575. The highest BCUT2D eigenvalue weighted by atomic mass is 32.2. The van der Waals surface area contributed by atoms with Gasteiger partial charge in [-0.2, -0.15) is 0 Å². The van der Waals surface area contributed by atoms with Crippen molar-refractivity contribution in [2.45, 2.75) is 23.6 Å². The molecule has 3 aromatic carbocycles. The Balaban J connectivity index is 1.96. The Morgan fingerprint density at radius 1 is 0.943 bits per heavy atom. The van der Waals surface area contributed by atoms with Crippen LogP contribution in [0.15, 0.2) is 82.6 Å². The summed E-state index contributed by atoms with van der Waals surface area (Å²) in [6, 6.07) is 19.8. The highest BCUT2D eigenvalue weighted by Crippen LogP contribution is 2.33. The Hall–Kier alpha value is -3.50. The number of nitrogens with zero attached hydrogens (tertiary/aromatic N) is 1. The Kier molecular flexibility index (Phi) is 8.78. The lowest BCUT2D eigenvalue weighted by Crippen LogP contribution is -2.38. The molecule has 0 spiro atoms. The molecule has 2 N–H and O–H groups in total. The summed E-state index contributed by atoms with van der Waals surface area (Å²) in [6.07, 6.45) is 1.90. The number of ether oxygens (including phenoxy) is 1. The SMILES string of the molecule is CCOc1ccccc1N(CC(=O)Nc1cccc(NC(C)=O)c1)S(=O)(=O)c1ccc(SC)cc1. The molecular formula is C25H27N3O5S2. The fourth-order valence-electron chi connectivity index (χ4n) is 3.32. The lowest BCUT2D eigenvalue weighted by molar-refractivity contribution is -0.115. The fraction of sp³-hybridized carbons (Fsp3) is 0.200. The molecule has 10 heteroatoms. The predicted molar refractivity (Wildman–Crippen MR) is 140 cm³/mol. The summed E-state index contributed by atoms with van der Waals surface area (Å²) in [7, 11) is -4.11. The molecule has 0 atom stereocenters. The van der Waals surface area contributed by atoms with Gasteiger partial charge in [0.15, 0.2) is 0 Å². The molecule has 0 saturated heterocycles. The quantitative estimate of drug-likeness (QED) is 0.384. The molecule has 0 radical (unpaired) electrons. The summed E-state index contributed by atoms with van der Waals surface area (Å²) in [5.41, 5.74) is 1.18. The number of amides is 2. The normalized spacial score (nSPS) is 10.9. The Labute approximate surface area is 209 Å². The number of para-hydroxylation sites is 2. The molecule has 0 aliphatic rings. The van der Waals surface area contributed by atoms with Crippen LogP contribution in [0.5, 0.6) is 5.75 Å². The summed E-state index contributed by atoms with van der Waals surface area (Å²) in [4.78, 5) is 25.3. The van der Waals surface area contributed by atoms with E-state index in [4.69, 9.17) is 4.74 Å². The first-order chi connectivity index (χ1) is 16.7. The molecule has 3 aromatic rings. The van der Waals surface area contributed by atoms with Gasteiger partial charge >= 0.3 is 0 Å². The topological polar surface area (TPSA) is 105 Å². The van der Waals surface area contributed by atoms with Crippen LogP contribution in [0.25, 0.3) is 0 Å². The largest absolute Gasteiger partial charge is 0.492 e. The lowest BCUT2D eigenvalue weighted by Gasteiger charge is -2.26. The van der Waals surface area contributed by atoms with Crippen molar-refractivity contribution in [1.82, 2.24) is 0 Å². The summed E-state index contributed by atoms with van der Waals surface area (Å²) in [6.45, 7) is 3.03. The molecule has 0 saturated carbocycles. The van der Waals surface area contributed by atoms with Crippen LogP contribution in [0.1, 0.15) is 13.8 Å². The van der Waals surface area contributed by atoms with Gasteiger partial charge < -0.3 is 15.4 Å². The van der Waals surface area contributed by atoms with Gasteiger partial charge in [-0.1, -0.05) is 18.2 Å². The van der Waals surface area contributed by atoms with Gasteiger partial charge in [0.1, 0.15) is 12.3 Å². The number of nitrogens with one attached hydrogen (secondary N) is 2. The van der Waals surface area contributed by atoms with Crippen molar-refractivity contribution in [3.8, 4) is 5.75 Å². The molecule has 0 bridgehead atoms. The van der Waals surface area contributed by atoms with Crippen LogP contribution in [-0.2, 0) is 19.6 Å². The molecule has 35 heavy (non-hydrogen) atoms. The van der Waals surface area contributed by atoms with Gasteiger partial charge in [-0.05, 0) is 67.8 Å². The molecule has 184 valence electrons. The third-order valence-corrected chi connectivity index (χ3v) is 7.35. The maximum absolute atomic E-state index is 13.7. The van der Waals surface area contributed by atoms with Crippen LogP contribution < -0.4 is 19.7 Å². The van der Waals surface area contributed by atoms with E-state index in [9.17, 15) is 18.0 Å². The molecular weight excluding hydrogens is 486 g/mol. The number of rotatable bonds is 10. The van der Waals surface area contributed by atoms with E-state index in [-0.39, 0.29) is 16.5 Å². The summed E-state index contributed by atoms with van der Waals surface area (Å²) >= 11 is 1.50. The fourth-order valence-corrected chi connectivity index (χ4v) is 5.16. The monoisotopic (exact) mass is 513 g/mol. The summed E-state index contributed by atoms with van der Waals surface area (Å²) in [5.74, 6) is -0.453. The number of sulfonamides is 1. The van der Waals surface area contributed by atoms with Crippen molar-refractivity contribution in [1.29, 1.82) is 0 Å². The van der Waals surface area contributed by atoms with E-state index in [0.29, 0.717) is 23.7 Å². The number of anilines is 3. The smallest absolute Gasteiger partial charge is 0.264 e. The van der Waals surface area contributed by atoms with Crippen LogP contribution in [-0.4, -0.2) is 39.6 Å². The van der Waals surface area contributed by atoms with Gasteiger partial charge in [-0.3, -0.25) is 13.9 Å². The second-order valence-electron chi connectivity index (χ2n) is 7.40. The third kappa shape index (κ3) is 6.77. The Morgan fingerprint density at radius 2 is 1.60 bits per heavy atom. The summed E-state index contributed by atoms with van der Waals surface area (Å²) in [5, 5.41) is 5.36. The number of carbonyl (C=O) groups excluding carboxylic acids is 2. The van der Waals surface area contributed by atoms with E-state index >= 15 is 0 Å². The first-order valence-corrected chi connectivity index (χ1v) is 13.5. The van der Waals surface area contributed by atoms with Crippen molar-refractivity contribution in [2.75, 3.05) is 34.3 Å².